The fourth-order valence-corrected chi connectivity index (χ4v) is 2.66. The van der Waals surface area contributed by atoms with Crippen LogP contribution in [0.15, 0.2) is 41.5 Å². The SMILES string of the molecule is Cn1cc(CN=C(N)NCC2CCC2)c(-c2ccccc2)n1.I. The van der Waals surface area contributed by atoms with Crippen molar-refractivity contribution in [3.63, 3.8) is 0 Å². The van der Waals surface area contributed by atoms with Gasteiger partial charge in [-0.2, -0.15) is 5.10 Å². The Hall–Kier alpha value is -1.57. The van der Waals surface area contributed by atoms with Gasteiger partial charge in [0, 0.05) is 30.9 Å². The highest BCUT2D eigenvalue weighted by Gasteiger charge is 2.16. The number of hydrogen-bond acceptors (Lipinski definition) is 2. The number of hydrogen-bond donors (Lipinski definition) is 2. The number of aromatic nitrogens is 2. The van der Waals surface area contributed by atoms with Gasteiger partial charge < -0.3 is 11.1 Å². The van der Waals surface area contributed by atoms with Gasteiger partial charge in [0.15, 0.2) is 5.96 Å². The average Bonchev–Trinajstić information content (AvgIpc) is 2.85. The Balaban J connectivity index is 0.00000192. The smallest absolute Gasteiger partial charge is 0.188 e. The molecule has 3 N–H and O–H groups in total. The van der Waals surface area contributed by atoms with Gasteiger partial charge in [0.1, 0.15) is 0 Å². The number of benzene rings is 1. The van der Waals surface area contributed by atoms with E-state index in [1.165, 1.54) is 19.3 Å². The van der Waals surface area contributed by atoms with Gasteiger partial charge in [-0.05, 0) is 18.8 Å². The van der Waals surface area contributed by atoms with Crippen molar-refractivity contribution in [3.05, 3.63) is 42.1 Å². The second-order valence-corrected chi connectivity index (χ2v) is 5.92. The Morgan fingerprint density at radius 2 is 2.09 bits per heavy atom. The molecule has 0 amide bonds. The molecule has 23 heavy (non-hydrogen) atoms. The summed E-state index contributed by atoms with van der Waals surface area (Å²) in [5.41, 5.74) is 9.12. The third-order valence-electron chi connectivity index (χ3n) is 4.17. The molecule has 1 saturated carbocycles. The number of nitrogens with one attached hydrogen (secondary N) is 1. The van der Waals surface area contributed by atoms with Gasteiger partial charge in [0.05, 0.1) is 12.2 Å². The van der Waals surface area contributed by atoms with E-state index in [1.807, 2.05) is 36.1 Å². The molecule has 2 aromatic rings. The molecular formula is C17H24IN5. The van der Waals surface area contributed by atoms with Crippen molar-refractivity contribution in [3.8, 4) is 11.3 Å². The van der Waals surface area contributed by atoms with Crippen LogP contribution in [0, 0.1) is 5.92 Å². The summed E-state index contributed by atoms with van der Waals surface area (Å²) in [6.07, 6.45) is 5.96. The minimum absolute atomic E-state index is 0. The van der Waals surface area contributed by atoms with Gasteiger partial charge in [-0.25, -0.2) is 4.99 Å². The summed E-state index contributed by atoms with van der Waals surface area (Å²) in [6.45, 7) is 1.48. The number of aliphatic imine (C=N–C) groups is 1. The summed E-state index contributed by atoms with van der Waals surface area (Å²) >= 11 is 0. The average molecular weight is 425 g/mol. The van der Waals surface area contributed by atoms with E-state index in [9.17, 15) is 0 Å². The van der Waals surface area contributed by atoms with Crippen LogP contribution in [0.4, 0.5) is 0 Å². The molecule has 0 radical (unpaired) electrons. The Morgan fingerprint density at radius 3 is 2.74 bits per heavy atom. The van der Waals surface area contributed by atoms with E-state index < -0.39 is 0 Å². The van der Waals surface area contributed by atoms with Crippen molar-refractivity contribution in [2.24, 2.45) is 23.7 Å². The van der Waals surface area contributed by atoms with Crippen LogP contribution < -0.4 is 11.1 Å². The molecule has 1 aromatic heterocycles. The number of aryl methyl sites for hydroxylation is 1. The molecule has 0 unspecified atom stereocenters. The molecule has 1 fully saturated rings. The predicted molar refractivity (Wildman–Crippen MR) is 105 cm³/mol. The van der Waals surface area contributed by atoms with Crippen LogP contribution in [-0.4, -0.2) is 22.3 Å². The van der Waals surface area contributed by atoms with Crippen LogP contribution in [0.1, 0.15) is 24.8 Å². The first kappa shape index (κ1) is 17.8. The Morgan fingerprint density at radius 1 is 1.35 bits per heavy atom. The highest BCUT2D eigenvalue weighted by Crippen LogP contribution is 2.25. The molecule has 6 heteroatoms. The number of guanidine groups is 1. The summed E-state index contributed by atoms with van der Waals surface area (Å²) in [4.78, 5) is 4.45. The molecule has 0 spiro atoms. The van der Waals surface area contributed by atoms with E-state index in [-0.39, 0.29) is 24.0 Å². The third kappa shape index (κ3) is 4.70. The largest absolute Gasteiger partial charge is 0.370 e. The minimum atomic E-state index is 0. The van der Waals surface area contributed by atoms with Crippen molar-refractivity contribution in [1.82, 2.24) is 15.1 Å². The summed E-state index contributed by atoms with van der Waals surface area (Å²) in [6, 6.07) is 10.2. The molecular weight excluding hydrogens is 401 g/mol. The molecule has 1 aliphatic carbocycles. The van der Waals surface area contributed by atoms with Crippen molar-refractivity contribution in [1.29, 1.82) is 0 Å². The van der Waals surface area contributed by atoms with Gasteiger partial charge >= 0.3 is 0 Å². The van der Waals surface area contributed by atoms with Crippen molar-refractivity contribution < 1.29 is 0 Å². The lowest BCUT2D eigenvalue weighted by Gasteiger charge is -2.25. The van der Waals surface area contributed by atoms with E-state index in [2.05, 4.69) is 27.5 Å². The maximum Gasteiger partial charge on any atom is 0.188 e. The maximum atomic E-state index is 5.96. The van der Waals surface area contributed by atoms with E-state index in [4.69, 9.17) is 5.73 Å². The van der Waals surface area contributed by atoms with Crippen LogP contribution in [0.3, 0.4) is 0 Å². The zero-order valence-electron chi connectivity index (χ0n) is 13.4. The first-order valence-electron chi connectivity index (χ1n) is 7.84. The highest BCUT2D eigenvalue weighted by atomic mass is 127. The van der Waals surface area contributed by atoms with Crippen LogP contribution in [0.5, 0.6) is 0 Å². The first-order valence-corrected chi connectivity index (χ1v) is 7.84. The molecule has 124 valence electrons. The summed E-state index contributed by atoms with van der Waals surface area (Å²) in [5, 5.41) is 7.76. The van der Waals surface area contributed by atoms with E-state index in [0.717, 1.165) is 29.3 Å². The fraction of sp³-hybridized carbons (Fsp3) is 0.412. The number of nitrogens with zero attached hydrogens (tertiary/aromatic N) is 3. The highest BCUT2D eigenvalue weighted by molar-refractivity contribution is 14.0. The van der Waals surface area contributed by atoms with Gasteiger partial charge in [-0.3, -0.25) is 4.68 Å². The van der Waals surface area contributed by atoms with E-state index >= 15 is 0 Å². The number of halogens is 1. The van der Waals surface area contributed by atoms with Crippen LogP contribution >= 0.6 is 24.0 Å². The Bertz CT molecular complexity index is 646. The molecule has 0 saturated heterocycles. The molecule has 0 atom stereocenters. The topological polar surface area (TPSA) is 68.2 Å². The quantitative estimate of drug-likeness (QED) is 0.440. The Kier molecular flexibility index (Phi) is 6.44. The monoisotopic (exact) mass is 425 g/mol. The van der Waals surface area contributed by atoms with Crippen LogP contribution in [0.25, 0.3) is 11.3 Å². The van der Waals surface area contributed by atoms with Gasteiger partial charge in [0.25, 0.3) is 0 Å². The zero-order chi connectivity index (χ0) is 15.4. The van der Waals surface area contributed by atoms with Gasteiger partial charge in [0.2, 0.25) is 0 Å². The minimum Gasteiger partial charge on any atom is -0.370 e. The molecule has 1 heterocycles. The molecule has 3 rings (SSSR count). The second kappa shape index (κ2) is 8.33. The predicted octanol–water partition coefficient (Wildman–Crippen LogP) is 2.91. The lowest BCUT2D eigenvalue weighted by atomic mass is 9.85. The summed E-state index contributed by atoms with van der Waals surface area (Å²) in [7, 11) is 1.93. The fourth-order valence-electron chi connectivity index (χ4n) is 2.66. The number of rotatable bonds is 5. The summed E-state index contributed by atoms with van der Waals surface area (Å²) < 4.78 is 1.82. The standard InChI is InChI=1S/C17H23N5.HI/c1-22-12-15(16(21-22)14-8-3-2-4-9-14)11-20-17(18)19-10-13-6-5-7-13;/h2-4,8-9,12-13H,5-7,10-11H2,1H3,(H3,18,19,20);1H. The van der Waals surface area contributed by atoms with Gasteiger partial charge in [-0.1, -0.05) is 36.8 Å². The van der Waals surface area contributed by atoms with Crippen LogP contribution in [0.2, 0.25) is 0 Å². The lowest BCUT2D eigenvalue weighted by Crippen LogP contribution is -2.37. The molecule has 1 aliphatic rings. The van der Waals surface area contributed by atoms with E-state index in [1.54, 1.807) is 0 Å². The molecule has 0 aliphatic heterocycles. The third-order valence-corrected chi connectivity index (χ3v) is 4.17. The van der Waals surface area contributed by atoms with Crippen molar-refractivity contribution >= 4 is 29.9 Å². The van der Waals surface area contributed by atoms with Crippen molar-refractivity contribution in [2.75, 3.05) is 6.54 Å². The number of nitrogens with two attached hydrogens (primary N) is 1. The van der Waals surface area contributed by atoms with Crippen molar-refractivity contribution in [2.45, 2.75) is 25.8 Å². The van der Waals surface area contributed by atoms with E-state index in [0.29, 0.717) is 12.5 Å². The lowest BCUT2D eigenvalue weighted by molar-refractivity contribution is 0.315. The van der Waals surface area contributed by atoms with Crippen LogP contribution in [-0.2, 0) is 13.6 Å². The first-order chi connectivity index (χ1) is 10.7. The molecule has 0 bridgehead atoms. The molecule has 1 aromatic carbocycles. The Labute approximate surface area is 154 Å². The summed E-state index contributed by atoms with van der Waals surface area (Å²) in [5.74, 6) is 1.29. The normalized spacial score (nSPS) is 14.9. The second-order valence-electron chi connectivity index (χ2n) is 5.92. The van der Waals surface area contributed by atoms with Gasteiger partial charge in [-0.15, -0.1) is 24.0 Å². The zero-order valence-corrected chi connectivity index (χ0v) is 15.7. The molecule has 5 nitrogen and oxygen atoms in total. The maximum absolute atomic E-state index is 5.96.